The first kappa shape index (κ1) is 7.92. The van der Waals surface area contributed by atoms with E-state index in [0.29, 0.717) is 5.69 Å². The number of hydrogen-bond acceptors (Lipinski definition) is 2. The number of rotatable bonds is 1. The van der Waals surface area contributed by atoms with Crippen molar-refractivity contribution in [2.45, 2.75) is 6.92 Å². The van der Waals surface area contributed by atoms with Gasteiger partial charge in [0.25, 0.3) is 0 Å². The van der Waals surface area contributed by atoms with Crippen molar-refractivity contribution in [3.05, 3.63) is 42.1 Å². The highest BCUT2D eigenvalue weighted by Gasteiger charge is 2.00. The number of ketones is 1. The van der Waals surface area contributed by atoms with Crippen molar-refractivity contribution >= 4 is 16.7 Å². The largest absolute Gasteiger partial charge is 0.293 e. The Hall–Kier alpha value is -1.70. The highest BCUT2D eigenvalue weighted by atomic mass is 16.1. The molecule has 2 heteroatoms. The lowest BCUT2D eigenvalue weighted by Gasteiger charge is -1.98. The van der Waals surface area contributed by atoms with Crippen LogP contribution in [0.15, 0.2) is 36.4 Å². The van der Waals surface area contributed by atoms with E-state index < -0.39 is 0 Å². The third-order valence-corrected chi connectivity index (χ3v) is 1.96. The molecular weight excluding hydrogens is 162 g/mol. The standard InChI is InChI=1S/C11H9NO/c1-8(13)10-7-6-9-4-2-3-5-11(9)12-10/h2-7H,1H3. The maximum atomic E-state index is 11.0. The molecule has 0 bridgehead atoms. The number of fused-ring (bicyclic) bond motifs is 1. The van der Waals surface area contributed by atoms with Crippen LogP contribution < -0.4 is 0 Å². The Morgan fingerprint density at radius 2 is 1.92 bits per heavy atom. The Kier molecular flexibility index (Phi) is 1.81. The van der Waals surface area contributed by atoms with Crippen LogP contribution in [0.5, 0.6) is 0 Å². The second-order valence-corrected chi connectivity index (χ2v) is 2.95. The molecule has 1 aromatic carbocycles. The molecule has 13 heavy (non-hydrogen) atoms. The van der Waals surface area contributed by atoms with Crippen molar-refractivity contribution in [1.82, 2.24) is 4.98 Å². The lowest BCUT2D eigenvalue weighted by molar-refractivity contribution is 0.101. The molecule has 2 aromatic rings. The number of para-hydroxylation sites is 1. The van der Waals surface area contributed by atoms with E-state index in [0.717, 1.165) is 10.9 Å². The molecule has 0 atom stereocenters. The molecular formula is C11H9NO. The summed E-state index contributed by atoms with van der Waals surface area (Å²) in [5.74, 6) is 0.00533. The lowest BCUT2D eigenvalue weighted by atomic mass is 10.2. The van der Waals surface area contributed by atoms with Gasteiger partial charge in [0.2, 0.25) is 0 Å². The molecule has 0 amide bonds. The Morgan fingerprint density at radius 3 is 2.69 bits per heavy atom. The molecule has 0 aliphatic heterocycles. The van der Waals surface area contributed by atoms with Crippen LogP contribution in [0.1, 0.15) is 17.4 Å². The molecule has 0 unspecified atom stereocenters. The van der Waals surface area contributed by atoms with E-state index in [2.05, 4.69) is 4.98 Å². The summed E-state index contributed by atoms with van der Waals surface area (Å²) in [5, 5.41) is 1.06. The van der Waals surface area contributed by atoms with Crippen molar-refractivity contribution in [3.8, 4) is 0 Å². The highest BCUT2D eigenvalue weighted by Crippen LogP contribution is 2.11. The van der Waals surface area contributed by atoms with Crippen LogP contribution in [-0.4, -0.2) is 10.8 Å². The summed E-state index contributed by atoms with van der Waals surface area (Å²) in [4.78, 5) is 15.3. The van der Waals surface area contributed by atoms with Crippen molar-refractivity contribution in [1.29, 1.82) is 0 Å². The first-order valence-corrected chi connectivity index (χ1v) is 4.14. The fraction of sp³-hybridized carbons (Fsp3) is 0.0909. The van der Waals surface area contributed by atoms with Gasteiger partial charge < -0.3 is 0 Å². The average Bonchev–Trinajstić information content (AvgIpc) is 2.17. The molecule has 2 nitrogen and oxygen atoms in total. The Bertz CT molecular complexity index is 462. The van der Waals surface area contributed by atoms with Gasteiger partial charge in [0.1, 0.15) is 5.69 Å². The quantitative estimate of drug-likeness (QED) is 0.617. The number of nitrogens with zero attached hydrogens (tertiary/aromatic N) is 1. The Morgan fingerprint density at radius 1 is 1.15 bits per heavy atom. The first-order valence-electron chi connectivity index (χ1n) is 4.14. The van der Waals surface area contributed by atoms with Crippen LogP contribution in [0.2, 0.25) is 0 Å². The van der Waals surface area contributed by atoms with E-state index >= 15 is 0 Å². The first-order chi connectivity index (χ1) is 6.27. The molecule has 0 fully saturated rings. The molecule has 1 aromatic heterocycles. The van der Waals surface area contributed by atoms with Crippen LogP contribution in [0.3, 0.4) is 0 Å². The molecule has 0 spiro atoms. The number of benzene rings is 1. The van der Waals surface area contributed by atoms with E-state index in [4.69, 9.17) is 0 Å². The number of Topliss-reactive ketones (excluding diaryl/α,β-unsaturated/α-hetero) is 1. The zero-order chi connectivity index (χ0) is 9.26. The summed E-state index contributed by atoms with van der Waals surface area (Å²) in [5.41, 5.74) is 1.40. The molecule has 2 rings (SSSR count). The van der Waals surface area contributed by atoms with E-state index in [9.17, 15) is 4.79 Å². The number of carbonyl (C=O) groups excluding carboxylic acids is 1. The minimum atomic E-state index is 0.00533. The molecule has 0 aliphatic carbocycles. The van der Waals surface area contributed by atoms with Crippen molar-refractivity contribution in [3.63, 3.8) is 0 Å². The summed E-state index contributed by atoms with van der Waals surface area (Å²) in [7, 11) is 0. The van der Waals surface area contributed by atoms with E-state index in [1.54, 1.807) is 6.07 Å². The van der Waals surface area contributed by atoms with Gasteiger partial charge in [-0.15, -0.1) is 0 Å². The molecule has 0 saturated carbocycles. The second-order valence-electron chi connectivity index (χ2n) is 2.95. The second kappa shape index (κ2) is 2.98. The fourth-order valence-electron chi connectivity index (χ4n) is 1.26. The maximum absolute atomic E-state index is 11.0. The van der Waals surface area contributed by atoms with Gasteiger partial charge in [-0.05, 0) is 12.1 Å². The highest BCUT2D eigenvalue weighted by molar-refractivity contribution is 5.94. The average molecular weight is 171 g/mol. The van der Waals surface area contributed by atoms with Crippen molar-refractivity contribution in [2.24, 2.45) is 0 Å². The van der Waals surface area contributed by atoms with Gasteiger partial charge in [-0.3, -0.25) is 4.79 Å². The van der Waals surface area contributed by atoms with Gasteiger partial charge in [0.15, 0.2) is 5.78 Å². The maximum Gasteiger partial charge on any atom is 0.178 e. The van der Waals surface area contributed by atoms with Gasteiger partial charge in [-0.25, -0.2) is 4.98 Å². The number of hydrogen-bond donors (Lipinski definition) is 0. The minimum Gasteiger partial charge on any atom is -0.293 e. The normalized spacial score (nSPS) is 10.2. The molecule has 64 valence electrons. The lowest BCUT2D eigenvalue weighted by Crippen LogP contribution is -1.95. The van der Waals surface area contributed by atoms with E-state index in [-0.39, 0.29) is 5.78 Å². The molecule has 0 aliphatic rings. The van der Waals surface area contributed by atoms with Gasteiger partial charge in [-0.1, -0.05) is 24.3 Å². The molecule has 0 N–H and O–H groups in total. The predicted molar refractivity (Wildman–Crippen MR) is 51.7 cm³/mol. The number of carbonyl (C=O) groups is 1. The van der Waals surface area contributed by atoms with E-state index in [1.807, 2.05) is 30.3 Å². The van der Waals surface area contributed by atoms with Gasteiger partial charge >= 0.3 is 0 Å². The molecule has 0 saturated heterocycles. The summed E-state index contributed by atoms with van der Waals surface area (Å²) in [6.07, 6.45) is 0. The summed E-state index contributed by atoms with van der Waals surface area (Å²) in [6, 6.07) is 11.4. The van der Waals surface area contributed by atoms with Gasteiger partial charge in [0, 0.05) is 12.3 Å². The number of pyridine rings is 1. The molecule has 1 heterocycles. The smallest absolute Gasteiger partial charge is 0.178 e. The van der Waals surface area contributed by atoms with Crippen molar-refractivity contribution < 1.29 is 4.79 Å². The zero-order valence-electron chi connectivity index (χ0n) is 7.32. The van der Waals surface area contributed by atoms with Crippen LogP contribution in [0.4, 0.5) is 0 Å². The topological polar surface area (TPSA) is 30.0 Å². The van der Waals surface area contributed by atoms with Crippen LogP contribution in [-0.2, 0) is 0 Å². The monoisotopic (exact) mass is 171 g/mol. The summed E-state index contributed by atoms with van der Waals surface area (Å²) in [6.45, 7) is 1.52. The fourth-order valence-corrected chi connectivity index (χ4v) is 1.26. The van der Waals surface area contributed by atoms with E-state index in [1.165, 1.54) is 6.92 Å². The van der Waals surface area contributed by atoms with Crippen molar-refractivity contribution in [2.75, 3.05) is 0 Å². The third-order valence-electron chi connectivity index (χ3n) is 1.96. The van der Waals surface area contributed by atoms with Gasteiger partial charge in [0.05, 0.1) is 5.52 Å². The SMILES string of the molecule is CC(=O)c1ccc2ccccc2n1. The van der Waals surface area contributed by atoms with Crippen LogP contribution >= 0.6 is 0 Å². The Balaban J connectivity index is 2.69. The zero-order valence-corrected chi connectivity index (χ0v) is 7.32. The third kappa shape index (κ3) is 1.43. The summed E-state index contributed by atoms with van der Waals surface area (Å²) >= 11 is 0. The Labute approximate surface area is 76.2 Å². The van der Waals surface area contributed by atoms with Crippen LogP contribution in [0.25, 0.3) is 10.9 Å². The van der Waals surface area contributed by atoms with Gasteiger partial charge in [-0.2, -0.15) is 0 Å². The number of aromatic nitrogens is 1. The predicted octanol–water partition coefficient (Wildman–Crippen LogP) is 2.44. The summed E-state index contributed by atoms with van der Waals surface area (Å²) < 4.78 is 0. The van der Waals surface area contributed by atoms with Crippen LogP contribution in [0, 0.1) is 0 Å². The minimum absolute atomic E-state index is 0.00533. The molecule has 0 radical (unpaired) electrons.